The second-order valence-corrected chi connectivity index (χ2v) is 3.67. The van der Waals surface area contributed by atoms with Gasteiger partial charge in [0.2, 0.25) is 11.8 Å². The van der Waals surface area contributed by atoms with Crippen molar-refractivity contribution in [2.75, 3.05) is 5.32 Å². The second-order valence-electron chi connectivity index (χ2n) is 3.67. The number of nitrogens with zero attached hydrogens (tertiary/aromatic N) is 1. The maximum atomic E-state index is 11.6. The summed E-state index contributed by atoms with van der Waals surface area (Å²) in [5, 5.41) is 14.8. The van der Waals surface area contributed by atoms with Crippen LogP contribution in [0.2, 0.25) is 0 Å². The number of hydrogen-bond acceptors (Lipinski definition) is 4. The third-order valence-corrected chi connectivity index (χ3v) is 2.46. The van der Waals surface area contributed by atoms with Crippen LogP contribution in [-0.4, -0.2) is 22.1 Å². The highest BCUT2D eigenvalue weighted by atomic mass is 16.5. The average Bonchev–Trinajstić information content (AvgIpc) is 2.88. The first-order valence-corrected chi connectivity index (χ1v) is 4.53. The number of carbonyl (C=O) groups is 2. The van der Waals surface area contributed by atoms with E-state index in [1.54, 1.807) is 6.92 Å². The molecule has 6 heteroatoms. The minimum absolute atomic E-state index is 0.185. The van der Waals surface area contributed by atoms with Crippen LogP contribution in [0.25, 0.3) is 0 Å². The molecule has 1 heterocycles. The van der Waals surface area contributed by atoms with Crippen molar-refractivity contribution >= 4 is 17.8 Å². The number of nitrogens with one attached hydrogen (secondary N) is 1. The molecule has 0 spiro atoms. The predicted octanol–water partition coefficient (Wildman–Crippen LogP) is 0.786. The SMILES string of the molecule is Cc1cc(NC(=O)C2(C(=O)O)CC2)on1. The van der Waals surface area contributed by atoms with Gasteiger partial charge in [0.05, 0.1) is 5.69 Å². The van der Waals surface area contributed by atoms with Crippen LogP contribution in [0.4, 0.5) is 5.88 Å². The van der Waals surface area contributed by atoms with Crippen LogP contribution in [0, 0.1) is 12.3 Å². The Morgan fingerprint density at radius 2 is 2.27 bits per heavy atom. The monoisotopic (exact) mass is 210 g/mol. The van der Waals surface area contributed by atoms with Crippen molar-refractivity contribution in [2.45, 2.75) is 19.8 Å². The molecule has 1 aromatic rings. The van der Waals surface area contributed by atoms with Gasteiger partial charge in [-0.3, -0.25) is 14.9 Å². The van der Waals surface area contributed by atoms with E-state index in [0.29, 0.717) is 18.5 Å². The molecule has 0 bridgehead atoms. The summed E-state index contributed by atoms with van der Waals surface area (Å²) in [4.78, 5) is 22.4. The molecular formula is C9H10N2O4. The Labute approximate surface area is 85.2 Å². The number of anilines is 1. The van der Waals surface area contributed by atoms with Gasteiger partial charge in [0.15, 0.2) is 0 Å². The van der Waals surface area contributed by atoms with Gasteiger partial charge in [-0.2, -0.15) is 0 Å². The minimum atomic E-state index is -1.25. The molecule has 1 aliphatic rings. The number of aryl methyl sites for hydroxylation is 1. The summed E-state index contributed by atoms with van der Waals surface area (Å²) in [6.07, 6.45) is 0.753. The number of carboxylic acid groups (broad SMARTS) is 1. The van der Waals surface area contributed by atoms with Gasteiger partial charge in [0.25, 0.3) is 0 Å². The quantitative estimate of drug-likeness (QED) is 0.719. The molecule has 1 amide bonds. The van der Waals surface area contributed by atoms with Gasteiger partial charge in [0.1, 0.15) is 5.41 Å². The van der Waals surface area contributed by atoms with Crippen molar-refractivity contribution in [1.82, 2.24) is 5.16 Å². The standard InChI is InChI=1S/C9H10N2O4/c1-5-4-6(15-11-5)10-7(12)9(2-3-9)8(13)14/h4H,2-3H2,1H3,(H,10,12)(H,13,14). The predicted molar refractivity (Wildman–Crippen MR) is 49.2 cm³/mol. The van der Waals surface area contributed by atoms with Gasteiger partial charge in [-0.05, 0) is 19.8 Å². The molecule has 80 valence electrons. The van der Waals surface area contributed by atoms with E-state index in [-0.39, 0.29) is 5.88 Å². The number of rotatable bonds is 3. The number of aromatic nitrogens is 1. The molecule has 0 radical (unpaired) electrons. The highest BCUT2D eigenvalue weighted by molar-refractivity contribution is 6.10. The van der Waals surface area contributed by atoms with Crippen LogP contribution in [-0.2, 0) is 9.59 Å². The van der Waals surface area contributed by atoms with E-state index in [1.807, 2.05) is 0 Å². The third kappa shape index (κ3) is 1.58. The molecular weight excluding hydrogens is 200 g/mol. The van der Waals surface area contributed by atoms with Crippen molar-refractivity contribution < 1.29 is 19.2 Å². The van der Waals surface area contributed by atoms with Crippen LogP contribution in [0.1, 0.15) is 18.5 Å². The number of aliphatic carboxylic acids is 1. The molecule has 2 N–H and O–H groups in total. The van der Waals surface area contributed by atoms with Crippen LogP contribution in [0.5, 0.6) is 0 Å². The van der Waals surface area contributed by atoms with Crippen LogP contribution >= 0.6 is 0 Å². The van der Waals surface area contributed by atoms with Crippen molar-refractivity contribution in [1.29, 1.82) is 0 Å². The molecule has 0 aromatic carbocycles. The molecule has 2 rings (SSSR count). The summed E-state index contributed by atoms with van der Waals surface area (Å²) in [6, 6.07) is 1.54. The Morgan fingerprint density at radius 3 is 2.67 bits per heavy atom. The fourth-order valence-corrected chi connectivity index (χ4v) is 1.32. The van der Waals surface area contributed by atoms with Crippen molar-refractivity contribution in [3.05, 3.63) is 11.8 Å². The van der Waals surface area contributed by atoms with Gasteiger partial charge < -0.3 is 9.63 Å². The number of amides is 1. The van der Waals surface area contributed by atoms with Crippen molar-refractivity contribution in [2.24, 2.45) is 5.41 Å². The fraction of sp³-hybridized carbons (Fsp3) is 0.444. The first-order valence-electron chi connectivity index (χ1n) is 4.53. The Bertz CT molecular complexity index is 420. The van der Waals surface area contributed by atoms with E-state index in [4.69, 9.17) is 9.63 Å². The normalized spacial score (nSPS) is 17.1. The van der Waals surface area contributed by atoms with Gasteiger partial charge in [0, 0.05) is 6.07 Å². The molecule has 0 aliphatic heterocycles. The van der Waals surface area contributed by atoms with E-state index in [0.717, 1.165) is 0 Å². The minimum Gasteiger partial charge on any atom is -0.480 e. The number of carboxylic acids is 1. The van der Waals surface area contributed by atoms with Gasteiger partial charge in [-0.15, -0.1) is 0 Å². The third-order valence-electron chi connectivity index (χ3n) is 2.46. The number of carbonyl (C=O) groups excluding carboxylic acids is 1. The zero-order valence-corrected chi connectivity index (χ0v) is 8.11. The zero-order valence-electron chi connectivity index (χ0n) is 8.11. The summed E-state index contributed by atoms with van der Waals surface area (Å²) >= 11 is 0. The average molecular weight is 210 g/mol. The van der Waals surface area contributed by atoms with E-state index in [2.05, 4.69) is 10.5 Å². The number of hydrogen-bond donors (Lipinski definition) is 2. The highest BCUT2D eigenvalue weighted by Crippen LogP contribution is 2.46. The van der Waals surface area contributed by atoms with Crippen LogP contribution in [0.3, 0.4) is 0 Å². The molecule has 1 aromatic heterocycles. The van der Waals surface area contributed by atoms with E-state index in [1.165, 1.54) is 6.07 Å². The molecule has 15 heavy (non-hydrogen) atoms. The molecule has 1 saturated carbocycles. The molecule has 1 fully saturated rings. The van der Waals surface area contributed by atoms with Crippen LogP contribution < -0.4 is 5.32 Å². The Hall–Kier alpha value is -1.85. The van der Waals surface area contributed by atoms with Crippen molar-refractivity contribution in [3.8, 4) is 0 Å². The maximum Gasteiger partial charge on any atom is 0.319 e. The Kier molecular flexibility index (Phi) is 1.99. The maximum absolute atomic E-state index is 11.6. The second kappa shape index (κ2) is 3.08. The molecule has 1 aliphatic carbocycles. The molecule has 0 saturated heterocycles. The van der Waals surface area contributed by atoms with Crippen molar-refractivity contribution in [3.63, 3.8) is 0 Å². The highest BCUT2D eigenvalue weighted by Gasteiger charge is 2.57. The lowest BCUT2D eigenvalue weighted by Crippen LogP contribution is -2.31. The van der Waals surface area contributed by atoms with E-state index in [9.17, 15) is 9.59 Å². The fourth-order valence-electron chi connectivity index (χ4n) is 1.32. The summed E-state index contributed by atoms with van der Waals surface area (Å²) in [5.41, 5.74) is -0.619. The lowest BCUT2D eigenvalue weighted by Gasteiger charge is -2.07. The van der Waals surface area contributed by atoms with E-state index < -0.39 is 17.3 Å². The first-order chi connectivity index (χ1) is 7.04. The molecule has 6 nitrogen and oxygen atoms in total. The smallest absolute Gasteiger partial charge is 0.319 e. The van der Waals surface area contributed by atoms with E-state index >= 15 is 0 Å². The summed E-state index contributed by atoms with van der Waals surface area (Å²) in [6.45, 7) is 1.71. The Balaban J connectivity index is 2.08. The van der Waals surface area contributed by atoms with Gasteiger partial charge in [-0.1, -0.05) is 5.16 Å². The zero-order chi connectivity index (χ0) is 11.1. The van der Waals surface area contributed by atoms with Gasteiger partial charge in [-0.25, -0.2) is 0 Å². The Morgan fingerprint density at radius 1 is 1.60 bits per heavy atom. The lowest BCUT2D eigenvalue weighted by molar-refractivity contribution is -0.147. The van der Waals surface area contributed by atoms with Gasteiger partial charge >= 0.3 is 5.97 Å². The summed E-state index contributed by atoms with van der Waals surface area (Å²) < 4.78 is 4.76. The lowest BCUT2D eigenvalue weighted by atomic mass is 10.1. The topological polar surface area (TPSA) is 92.4 Å². The van der Waals surface area contributed by atoms with Crippen LogP contribution in [0.15, 0.2) is 10.6 Å². The first kappa shape index (κ1) is 9.70. The largest absolute Gasteiger partial charge is 0.480 e. The summed E-state index contributed by atoms with van der Waals surface area (Å²) in [7, 11) is 0. The molecule has 0 atom stereocenters. The molecule has 0 unspecified atom stereocenters. The summed E-state index contributed by atoms with van der Waals surface area (Å²) in [5.74, 6) is -1.44.